The third kappa shape index (κ3) is 4.62. The third-order valence-electron chi connectivity index (χ3n) is 2.64. The van der Waals surface area contributed by atoms with Crippen molar-refractivity contribution < 1.29 is 0 Å². The summed E-state index contributed by atoms with van der Waals surface area (Å²) in [5.41, 5.74) is 1.20. The van der Waals surface area contributed by atoms with Crippen molar-refractivity contribution in [2.45, 2.75) is 41.0 Å². The second-order valence-corrected chi connectivity index (χ2v) is 6.40. The molecule has 0 spiro atoms. The zero-order valence-electron chi connectivity index (χ0n) is 11.1. The van der Waals surface area contributed by atoms with Gasteiger partial charge in [0.05, 0.1) is 10.7 Å². The Hall–Kier alpha value is -0.410. The van der Waals surface area contributed by atoms with Crippen LogP contribution in [0.15, 0.2) is 0 Å². The fourth-order valence-corrected chi connectivity index (χ4v) is 2.71. The van der Waals surface area contributed by atoms with Crippen LogP contribution in [0.25, 0.3) is 0 Å². The summed E-state index contributed by atoms with van der Waals surface area (Å²) < 4.78 is 0. The Bertz CT molecular complexity index is 298. The van der Waals surface area contributed by atoms with E-state index >= 15 is 0 Å². The van der Waals surface area contributed by atoms with Crippen LogP contribution in [0.4, 0.5) is 0 Å². The average Bonchev–Trinajstić information content (AvgIpc) is 2.44. The number of nitrogens with one attached hydrogen (secondary N) is 1. The summed E-state index contributed by atoms with van der Waals surface area (Å²) in [6, 6.07) is 0. The van der Waals surface area contributed by atoms with E-state index in [1.54, 1.807) is 0 Å². The number of rotatable bonds is 6. The van der Waals surface area contributed by atoms with Gasteiger partial charge in [-0.15, -0.1) is 11.3 Å². The van der Waals surface area contributed by atoms with Crippen LogP contribution < -0.4 is 5.32 Å². The predicted molar refractivity (Wildman–Crippen MR) is 72.2 cm³/mol. The number of nitrogens with zero attached hydrogens (tertiary/aromatic N) is 1. The van der Waals surface area contributed by atoms with Crippen LogP contribution in [-0.2, 0) is 6.42 Å². The summed E-state index contributed by atoms with van der Waals surface area (Å²) in [6.45, 7) is 13.2. The monoisotopic (exact) mass is 240 g/mol. The zero-order valence-corrected chi connectivity index (χ0v) is 11.9. The number of hydrogen-bond acceptors (Lipinski definition) is 3. The second-order valence-electron chi connectivity index (χ2n) is 5.11. The van der Waals surface area contributed by atoms with Crippen molar-refractivity contribution in [2.24, 2.45) is 11.8 Å². The molecular weight excluding hydrogens is 216 g/mol. The zero-order chi connectivity index (χ0) is 12.1. The molecule has 16 heavy (non-hydrogen) atoms. The van der Waals surface area contributed by atoms with Crippen molar-refractivity contribution in [3.63, 3.8) is 0 Å². The van der Waals surface area contributed by atoms with E-state index in [1.165, 1.54) is 15.6 Å². The van der Waals surface area contributed by atoms with Gasteiger partial charge in [0.25, 0.3) is 0 Å². The summed E-state index contributed by atoms with van der Waals surface area (Å²) in [4.78, 5) is 5.94. The van der Waals surface area contributed by atoms with Crippen LogP contribution in [0.1, 0.15) is 36.3 Å². The highest BCUT2D eigenvalue weighted by atomic mass is 32.1. The Morgan fingerprint density at radius 1 is 1.19 bits per heavy atom. The molecule has 0 bridgehead atoms. The molecule has 1 aromatic heterocycles. The van der Waals surface area contributed by atoms with Crippen molar-refractivity contribution in [1.29, 1.82) is 0 Å². The Kier molecular flexibility index (Phi) is 5.42. The lowest BCUT2D eigenvalue weighted by molar-refractivity contribution is 0.473. The summed E-state index contributed by atoms with van der Waals surface area (Å²) in [5.74, 6) is 1.40. The molecule has 1 N–H and O–H groups in total. The molecule has 0 aliphatic heterocycles. The van der Waals surface area contributed by atoms with Crippen molar-refractivity contribution in [3.8, 4) is 0 Å². The van der Waals surface area contributed by atoms with Gasteiger partial charge in [-0.2, -0.15) is 0 Å². The van der Waals surface area contributed by atoms with Crippen LogP contribution in [0.3, 0.4) is 0 Å². The van der Waals surface area contributed by atoms with E-state index in [2.05, 4.69) is 44.9 Å². The van der Waals surface area contributed by atoms with Gasteiger partial charge < -0.3 is 5.32 Å². The molecule has 3 heteroatoms. The van der Waals surface area contributed by atoms with Crippen LogP contribution >= 0.6 is 11.3 Å². The molecular formula is C13H24N2S. The van der Waals surface area contributed by atoms with Gasteiger partial charge in [-0.1, -0.05) is 20.8 Å². The molecule has 0 saturated heterocycles. The first-order valence-electron chi connectivity index (χ1n) is 6.12. The molecule has 1 heterocycles. The minimum atomic E-state index is 0.670. The second kappa shape index (κ2) is 6.36. The highest BCUT2D eigenvalue weighted by Gasteiger charge is 2.08. The fraction of sp³-hybridized carbons (Fsp3) is 0.769. The lowest BCUT2D eigenvalue weighted by atomic mass is 10.1. The normalized spacial score (nSPS) is 13.4. The smallest absolute Gasteiger partial charge is 0.0934 e. The first-order chi connectivity index (χ1) is 7.49. The maximum atomic E-state index is 4.58. The SMILES string of the molecule is Cc1nc(CC(C)CNCC(C)C)sc1C. The van der Waals surface area contributed by atoms with E-state index in [9.17, 15) is 0 Å². The maximum Gasteiger partial charge on any atom is 0.0934 e. The number of thiazole rings is 1. The first kappa shape index (κ1) is 13.7. The van der Waals surface area contributed by atoms with Crippen molar-refractivity contribution in [1.82, 2.24) is 10.3 Å². The maximum absolute atomic E-state index is 4.58. The topological polar surface area (TPSA) is 24.9 Å². The lowest BCUT2D eigenvalue weighted by Gasteiger charge is -2.12. The van der Waals surface area contributed by atoms with Crippen LogP contribution in [-0.4, -0.2) is 18.1 Å². The quantitative estimate of drug-likeness (QED) is 0.826. The van der Waals surface area contributed by atoms with Crippen molar-refractivity contribution >= 4 is 11.3 Å². The van der Waals surface area contributed by atoms with E-state index in [-0.39, 0.29) is 0 Å². The molecule has 0 aliphatic carbocycles. The van der Waals surface area contributed by atoms with Gasteiger partial charge in [0, 0.05) is 11.3 Å². The molecule has 0 aromatic carbocycles. The number of aryl methyl sites for hydroxylation is 2. The molecule has 1 aromatic rings. The highest BCUT2D eigenvalue weighted by Crippen LogP contribution is 2.19. The molecule has 92 valence electrons. The van der Waals surface area contributed by atoms with Crippen LogP contribution in [0.5, 0.6) is 0 Å². The molecule has 0 saturated carbocycles. The minimum Gasteiger partial charge on any atom is -0.316 e. The fourth-order valence-electron chi connectivity index (χ4n) is 1.62. The van der Waals surface area contributed by atoms with Crippen molar-refractivity contribution in [3.05, 3.63) is 15.6 Å². The molecule has 0 amide bonds. The van der Waals surface area contributed by atoms with Gasteiger partial charge in [-0.25, -0.2) is 4.98 Å². The molecule has 0 fully saturated rings. The first-order valence-corrected chi connectivity index (χ1v) is 6.94. The van der Waals surface area contributed by atoms with E-state index in [0.717, 1.165) is 25.4 Å². The van der Waals surface area contributed by atoms with Gasteiger partial charge in [0.2, 0.25) is 0 Å². The van der Waals surface area contributed by atoms with Gasteiger partial charge >= 0.3 is 0 Å². The molecule has 0 radical (unpaired) electrons. The minimum absolute atomic E-state index is 0.670. The van der Waals surface area contributed by atoms with E-state index in [1.807, 2.05) is 11.3 Å². The highest BCUT2D eigenvalue weighted by molar-refractivity contribution is 7.11. The Morgan fingerprint density at radius 2 is 1.88 bits per heavy atom. The third-order valence-corrected chi connectivity index (χ3v) is 3.74. The van der Waals surface area contributed by atoms with E-state index in [0.29, 0.717) is 5.92 Å². The largest absolute Gasteiger partial charge is 0.316 e. The summed E-state index contributed by atoms with van der Waals surface area (Å²) >= 11 is 1.84. The Balaban J connectivity index is 2.31. The van der Waals surface area contributed by atoms with Crippen LogP contribution in [0.2, 0.25) is 0 Å². The molecule has 0 aliphatic rings. The average molecular weight is 240 g/mol. The predicted octanol–water partition coefficient (Wildman–Crippen LogP) is 3.18. The van der Waals surface area contributed by atoms with Crippen LogP contribution in [0, 0.1) is 25.7 Å². The van der Waals surface area contributed by atoms with Gasteiger partial charge in [0.15, 0.2) is 0 Å². The van der Waals surface area contributed by atoms with Crippen molar-refractivity contribution in [2.75, 3.05) is 13.1 Å². The molecule has 1 atom stereocenters. The van der Waals surface area contributed by atoms with E-state index < -0.39 is 0 Å². The standard InChI is InChI=1S/C13H24N2S/c1-9(2)7-14-8-10(3)6-13-15-11(4)12(5)16-13/h9-10,14H,6-8H2,1-5H3. The van der Waals surface area contributed by atoms with Gasteiger partial charge in [-0.05, 0) is 38.8 Å². The Morgan fingerprint density at radius 3 is 2.38 bits per heavy atom. The summed E-state index contributed by atoms with van der Waals surface area (Å²) in [7, 11) is 0. The molecule has 1 rings (SSSR count). The number of hydrogen-bond donors (Lipinski definition) is 1. The lowest BCUT2D eigenvalue weighted by Crippen LogP contribution is -2.26. The molecule has 2 nitrogen and oxygen atoms in total. The van der Waals surface area contributed by atoms with Gasteiger partial charge in [0.1, 0.15) is 0 Å². The van der Waals surface area contributed by atoms with Gasteiger partial charge in [-0.3, -0.25) is 0 Å². The summed E-state index contributed by atoms with van der Waals surface area (Å²) in [6.07, 6.45) is 1.10. The number of aromatic nitrogens is 1. The Labute approximate surface area is 103 Å². The van der Waals surface area contributed by atoms with E-state index in [4.69, 9.17) is 0 Å². The summed E-state index contributed by atoms with van der Waals surface area (Å²) in [5, 5.41) is 4.79. The molecule has 1 unspecified atom stereocenters.